The summed E-state index contributed by atoms with van der Waals surface area (Å²) in [5.74, 6) is 0.244. The summed E-state index contributed by atoms with van der Waals surface area (Å²) < 4.78 is 39.0. The van der Waals surface area contributed by atoms with E-state index in [0.29, 0.717) is 11.6 Å². The van der Waals surface area contributed by atoms with Crippen LogP contribution in [0.1, 0.15) is 104 Å². The zero-order valence-electron chi connectivity index (χ0n) is 26.5. The molecule has 10 heteroatoms. The van der Waals surface area contributed by atoms with Gasteiger partial charge in [-0.2, -0.15) is 13.2 Å². The number of aldehydes is 1. The van der Waals surface area contributed by atoms with Crippen LogP contribution >= 0.6 is 22.9 Å². The molecule has 3 N–H and O–H groups in total. The van der Waals surface area contributed by atoms with Crippen LogP contribution in [-0.2, 0) is 27.6 Å². The Morgan fingerprint density at radius 1 is 1.05 bits per heavy atom. The molecule has 2 rings (SSSR count). The number of hydrogen-bond donors (Lipinski definition) is 2. The van der Waals surface area contributed by atoms with Gasteiger partial charge in [0.15, 0.2) is 0 Å². The molecule has 0 saturated heterocycles. The van der Waals surface area contributed by atoms with E-state index in [4.69, 9.17) is 22.1 Å². The number of nitrogen functional groups attached to an aromatic ring is 1. The quantitative estimate of drug-likeness (QED) is 0.160. The second-order valence-electron chi connectivity index (χ2n) is 11.1. The van der Waals surface area contributed by atoms with Crippen molar-refractivity contribution < 1.29 is 22.8 Å². The van der Waals surface area contributed by atoms with Gasteiger partial charge in [0.25, 0.3) is 0 Å². The molecule has 0 aliphatic rings. The lowest BCUT2D eigenvalue weighted by Gasteiger charge is -2.33. The lowest BCUT2D eigenvalue weighted by molar-refractivity contribution is -0.137. The van der Waals surface area contributed by atoms with Crippen molar-refractivity contribution in [1.82, 2.24) is 4.90 Å². The van der Waals surface area contributed by atoms with Gasteiger partial charge >= 0.3 is 6.18 Å². The van der Waals surface area contributed by atoms with Crippen LogP contribution in [0.4, 0.5) is 24.5 Å². The highest BCUT2D eigenvalue weighted by Crippen LogP contribution is 2.42. The third-order valence-corrected chi connectivity index (χ3v) is 8.80. The summed E-state index contributed by atoms with van der Waals surface area (Å²) in [4.78, 5) is 21.8. The predicted octanol–water partition coefficient (Wildman–Crippen LogP) is 9.62. The van der Waals surface area contributed by atoms with Crippen molar-refractivity contribution in [3.05, 3.63) is 44.6 Å². The van der Waals surface area contributed by atoms with Gasteiger partial charge in [-0.15, -0.1) is 11.3 Å². The fourth-order valence-corrected chi connectivity index (χ4v) is 5.79. The van der Waals surface area contributed by atoms with Gasteiger partial charge in [-0.05, 0) is 73.2 Å². The largest absolute Gasteiger partial charge is 0.418 e. The molecule has 1 heterocycles. The maximum Gasteiger partial charge on any atom is 0.418 e. The van der Waals surface area contributed by atoms with Gasteiger partial charge in [0, 0.05) is 18.0 Å². The van der Waals surface area contributed by atoms with E-state index in [-0.39, 0.29) is 10.9 Å². The molecule has 0 radical (unpaired) electrons. The molecule has 1 aromatic carbocycles. The van der Waals surface area contributed by atoms with Gasteiger partial charge in [0.1, 0.15) is 6.29 Å². The fraction of sp³-hybridized carbons (Fsp3) is 0.625. The number of nitrogens with two attached hydrogens (primary N) is 1. The number of nitrogens with zero attached hydrogens (tertiary/aromatic N) is 1. The van der Waals surface area contributed by atoms with Crippen LogP contribution in [0.2, 0.25) is 5.02 Å². The molecule has 0 aliphatic heterocycles. The first-order valence-electron chi connectivity index (χ1n) is 14.7. The first-order chi connectivity index (χ1) is 19.7. The molecular weight excluding hydrogens is 583 g/mol. The fourth-order valence-electron chi connectivity index (χ4n) is 4.74. The minimum atomic E-state index is -4.49. The molecule has 2 aromatic rings. The number of carbonyl (C=O) groups excluding carboxylic acids is 2. The highest BCUT2D eigenvalue weighted by molar-refractivity contribution is 7.08. The number of rotatable bonds is 14. The first-order valence-corrected chi connectivity index (χ1v) is 16.0. The van der Waals surface area contributed by atoms with Crippen LogP contribution in [0.25, 0.3) is 0 Å². The predicted molar refractivity (Wildman–Crippen MR) is 174 cm³/mol. The number of carbonyl (C=O) groups is 2. The van der Waals surface area contributed by atoms with Gasteiger partial charge < -0.3 is 20.7 Å². The molecule has 0 spiro atoms. The molecule has 1 atom stereocenters. The Morgan fingerprint density at radius 3 is 2.07 bits per heavy atom. The van der Waals surface area contributed by atoms with E-state index in [2.05, 4.69) is 43.4 Å². The SMILES string of the molecule is CC=O.CCCC(C)C(C)(C)c1cc(Cl)c(N)c(C(F)(F)F)c1.CCCC(CCC)N(C)CCc1cscc1NC=O. The van der Waals surface area contributed by atoms with E-state index in [1.807, 2.05) is 26.2 Å². The number of hydrogen-bond acceptors (Lipinski definition) is 5. The van der Waals surface area contributed by atoms with Crippen LogP contribution in [0, 0.1) is 5.92 Å². The summed E-state index contributed by atoms with van der Waals surface area (Å²) in [6.07, 6.45) is 4.97. The van der Waals surface area contributed by atoms with Gasteiger partial charge in [-0.1, -0.05) is 78.8 Å². The van der Waals surface area contributed by atoms with E-state index in [1.54, 1.807) is 17.4 Å². The molecule has 240 valence electrons. The van der Waals surface area contributed by atoms with Gasteiger partial charge in [0.2, 0.25) is 6.41 Å². The number of halogens is 4. The molecule has 5 nitrogen and oxygen atoms in total. The van der Waals surface area contributed by atoms with Crippen molar-refractivity contribution in [2.24, 2.45) is 5.92 Å². The lowest BCUT2D eigenvalue weighted by atomic mass is 9.72. The highest BCUT2D eigenvalue weighted by atomic mass is 35.5. The van der Waals surface area contributed by atoms with Gasteiger partial charge in [0.05, 0.1) is 22.0 Å². The number of nitrogens with one attached hydrogen (secondary N) is 1. The Kier molecular flexibility index (Phi) is 19.0. The van der Waals surface area contributed by atoms with Crippen molar-refractivity contribution in [2.45, 2.75) is 111 Å². The van der Waals surface area contributed by atoms with Crippen LogP contribution in [0.5, 0.6) is 0 Å². The van der Waals surface area contributed by atoms with Crippen LogP contribution in [0.15, 0.2) is 22.9 Å². The first kappa shape index (κ1) is 39.9. The Hall–Kier alpha value is -2.10. The maximum atomic E-state index is 13.0. The third-order valence-electron chi connectivity index (χ3n) is 7.69. The van der Waals surface area contributed by atoms with E-state index < -0.39 is 22.8 Å². The number of thiophene rings is 1. The Balaban J connectivity index is 0.000000732. The second-order valence-corrected chi connectivity index (χ2v) is 12.2. The van der Waals surface area contributed by atoms with Crippen molar-refractivity contribution in [3.63, 3.8) is 0 Å². The smallest absolute Gasteiger partial charge is 0.397 e. The molecule has 1 unspecified atom stereocenters. The van der Waals surface area contributed by atoms with Crippen molar-refractivity contribution in [2.75, 3.05) is 24.6 Å². The summed E-state index contributed by atoms with van der Waals surface area (Å²) in [5, 5.41) is 6.87. The number of likely N-dealkylation sites (N-methyl/N-ethyl adjacent to an activating group) is 1. The summed E-state index contributed by atoms with van der Waals surface area (Å²) in [6.45, 7) is 15.0. The minimum absolute atomic E-state index is 0.0356. The van der Waals surface area contributed by atoms with Gasteiger partial charge in [-0.3, -0.25) is 4.79 Å². The molecule has 0 saturated carbocycles. The molecule has 1 aromatic heterocycles. The third kappa shape index (κ3) is 13.0. The molecular formula is C32H51ClF3N3O2S. The molecule has 0 bridgehead atoms. The van der Waals surface area contributed by atoms with E-state index >= 15 is 0 Å². The molecule has 42 heavy (non-hydrogen) atoms. The molecule has 0 aliphatic carbocycles. The van der Waals surface area contributed by atoms with Crippen molar-refractivity contribution >= 4 is 47.0 Å². The number of benzene rings is 1. The van der Waals surface area contributed by atoms with Crippen LogP contribution in [-0.4, -0.2) is 37.2 Å². The Morgan fingerprint density at radius 2 is 1.60 bits per heavy atom. The maximum absolute atomic E-state index is 13.0. The normalized spacial score (nSPS) is 12.2. The van der Waals surface area contributed by atoms with Gasteiger partial charge in [-0.25, -0.2) is 0 Å². The van der Waals surface area contributed by atoms with Crippen LogP contribution in [0.3, 0.4) is 0 Å². The lowest BCUT2D eigenvalue weighted by Crippen LogP contribution is -2.33. The molecule has 1 amide bonds. The van der Waals surface area contributed by atoms with Crippen LogP contribution < -0.4 is 11.1 Å². The second kappa shape index (κ2) is 20.0. The Labute approximate surface area is 260 Å². The summed E-state index contributed by atoms with van der Waals surface area (Å²) in [6, 6.07) is 3.38. The Bertz CT molecular complexity index is 1050. The summed E-state index contributed by atoms with van der Waals surface area (Å²) >= 11 is 7.53. The highest BCUT2D eigenvalue weighted by Gasteiger charge is 2.37. The van der Waals surface area contributed by atoms with E-state index in [9.17, 15) is 18.0 Å². The topological polar surface area (TPSA) is 75.4 Å². The number of anilines is 2. The zero-order chi connectivity index (χ0) is 32.5. The number of amides is 1. The summed E-state index contributed by atoms with van der Waals surface area (Å²) in [7, 11) is 2.22. The average Bonchev–Trinajstić information content (AvgIpc) is 3.36. The molecule has 0 fully saturated rings. The summed E-state index contributed by atoms with van der Waals surface area (Å²) in [5.41, 5.74) is 6.61. The van der Waals surface area contributed by atoms with E-state index in [0.717, 1.165) is 50.3 Å². The standard InChI is InChI=1S/C15H21ClF3N.C15H26N2OS.C2H4O/c1-5-6-9(2)14(3,4)10-7-11(15(17,18)19)13(20)12(16)8-10;1-4-6-14(7-5-2)17(3)9-8-13-10-19-11-15(13)16-12-18;1-2-3/h7-9H,5-6,20H2,1-4H3;10-12,14H,4-9H2,1-3H3,(H,16,18);2H,1H3. The zero-order valence-corrected chi connectivity index (χ0v) is 28.1. The minimum Gasteiger partial charge on any atom is -0.397 e. The number of alkyl halides is 3. The van der Waals surface area contributed by atoms with Crippen molar-refractivity contribution in [1.29, 1.82) is 0 Å². The average molecular weight is 634 g/mol. The van der Waals surface area contributed by atoms with Crippen molar-refractivity contribution in [3.8, 4) is 0 Å². The van der Waals surface area contributed by atoms with E-state index in [1.165, 1.54) is 38.2 Å². The monoisotopic (exact) mass is 633 g/mol.